The Kier molecular flexibility index (Phi) is 3.73. The quantitative estimate of drug-likeness (QED) is 0.520. The predicted octanol–water partition coefficient (Wildman–Crippen LogP) is 1.05. The van der Waals surface area contributed by atoms with Crippen molar-refractivity contribution in [3.05, 3.63) is 35.9 Å². The smallest absolute Gasteiger partial charge is 0.124 e. The van der Waals surface area contributed by atoms with Gasteiger partial charge >= 0.3 is 0 Å². The molecule has 0 fully saturated rings. The molecule has 3 nitrogen and oxygen atoms in total. The summed E-state index contributed by atoms with van der Waals surface area (Å²) in [5.41, 5.74) is 3.52. The van der Waals surface area contributed by atoms with Crippen LogP contribution in [-0.4, -0.2) is 11.3 Å². The third-order valence-electron chi connectivity index (χ3n) is 1.34. The number of hydrogen-bond acceptors (Lipinski definition) is 3. The van der Waals surface area contributed by atoms with Crippen LogP contribution in [0.15, 0.2) is 30.3 Å². The van der Waals surface area contributed by atoms with Crippen molar-refractivity contribution in [3.63, 3.8) is 0 Å². The Morgan fingerprint density at radius 1 is 1.42 bits per heavy atom. The summed E-state index contributed by atoms with van der Waals surface area (Å²) in [6.45, 7) is 2.07. The van der Waals surface area contributed by atoms with E-state index in [4.69, 9.17) is 9.94 Å². The molecule has 3 heteroatoms. The summed E-state index contributed by atoms with van der Waals surface area (Å²) in [5.74, 6) is 0. The minimum atomic E-state index is -0.631. The fraction of sp³-hybridized carbons (Fsp3) is 0.333. The van der Waals surface area contributed by atoms with Gasteiger partial charge in [-0.2, -0.15) is 5.48 Å². The lowest BCUT2D eigenvalue weighted by molar-refractivity contribution is -0.0573. The third kappa shape index (κ3) is 3.48. The number of aliphatic hydroxyl groups excluding tert-OH is 1. The first-order valence-electron chi connectivity index (χ1n) is 3.88. The Labute approximate surface area is 71.9 Å². The zero-order chi connectivity index (χ0) is 8.81. The Bertz CT molecular complexity index is 211. The lowest BCUT2D eigenvalue weighted by Gasteiger charge is -2.07. The lowest BCUT2D eigenvalue weighted by Crippen LogP contribution is -2.25. The maximum atomic E-state index is 8.79. The van der Waals surface area contributed by atoms with Crippen molar-refractivity contribution in [1.82, 2.24) is 5.48 Å². The van der Waals surface area contributed by atoms with E-state index >= 15 is 0 Å². The number of hydrogen-bond donors (Lipinski definition) is 2. The zero-order valence-corrected chi connectivity index (χ0v) is 7.03. The van der Waals surface area contributed by atoms with Crippen LogP contribution in [0.2, 0.25) is 0 Å². The molecule has 0 spiro atoms. The SMILES string of the molecule is CC(O)NOCc1ccccc1. The summed E-state index contributed by atoms with van der Waals surface area (Å²) in [4.78, 5) is 4.98. The van der Waals surface area contributed by atoms with Crippen LogP contribution in [0, 0.1) is 0 Å². The van der Waals surface area contributed by atoms with Crippen molar-refractivity contribution in [2.24, 2.45) is 0 Å². The molecule has 0 amide bonds. The molecule has 1 aromatic carbocycles. The van der Waals surface area contributed by atoms with Gasteiger partial charge in [0.25, 0.3) is 0 Å². The van der Waals surface area contributed by atoms with Crippen molar-refractivity contribution < 1.29 is 9.94 Å². The molecule has 0 aromatic heterocycles. The van der Waals surface area contributed by atoms with Gasteiger partial charge < -0.3 is 5.11 Å². The molecule has 0 radical (unpaired) electrons. The van der Waals surface area contributed by atoms with Crippen molar-refractivity contribution in [1.29, 1.82) is 0 Å². The maximum absolute atomic E-state index is 8.79. The second-order valence-corrected chi connectivity index (χ2v) is 2.57. The van der Waals surface area contributed by atoms with Crippen LogP contribution in [0.5, 0.6) is 0 Å². The summed E-state index contributed by atoms with van der Waals surface area (Å²) < 4.78 is 0. The molecular formula is C9H13NO2. The van der Waals surface area contributed by atoms with Gasteiger partial charge in [0.05, 0.1) is 6.61 Å². The summed E-state index contributed by atoms with van der Waals surface area (Å²) in [6.07, 6.45) is -0.631. The average Bonchev–Trinajstić information content (AvgIpc) is 2.05. The third-order valence-corrected chi connectivity index (χ3v) is 1.34. The monoisotopic (exact) mass is 167 g/mol. The van der Waals surface area contributed by atoms with Crippen molar-refractivity contribution >= 4 is 0 Å². The molecule has 1 atom stereocenters. The summed E-state index contributed by atoms with van der Waals surface area (Å²) in [5, 5.41) is 8.79. The van der Waals surface area contributed by atoms with Crippen molar-refractivity contribution in [2.45, 2.75) is 19.8 Å². The minimum Gasteiger partial charge on any atom is -0.377 e. The Balaban J connectivity index is 2.25. The minimum absolute atomic E-state index is 0.464. The van der Waals surface area contributed by atoms with E-state index in [0.717, 1.165) is 5.56 Å². The van der Waals surface area contributed by atoms with E-state index in [9.17, 15) is 0 Å². The molecule has 0 aliphatic heterocycles. The summed E-state index contributed by atoms with van der Waals surface area (Å²) >= 11 is 0. The molecule has 1 unspecified atom stereocenters. The number of benzene rings is 1. The molecule has 0 heterocycles. The van der Waals surface area contributed by atoms with Crippen molar-refractivity contribution in [3.8, 4) is 0 Å². The van der Waals surface area contributed by atoms with E-state index in [1.807, 2.05) is 30.3 Å². The van der Waals surface area contributed by atoms with E-state index < -0.39 is 6.23 Å². The van der Waals surface area contributed by atoms with Crippen LogP contribution < -0.4 is 5.48 Å². The molecule has 0 saturated carbocycles. The van der Waals surface area contributed by atoms with Crippen LogP contribution in [0.3, 0.4) is 0 Å². The number of aliphatic hydroxyl groups is 1. The van der Waals surface area contributed by atoms with Gasteiger partial charge in [-0.3, -0.25) is 4.84 Å². The van der Waals surface area contributed by atoms with Crippen LogP contribution in [0.25, 0.3) is 0 Å². The van der Waals surface area contributed by atoms with Crippen LogP contribution in [-0.2, 0) is 11.4 Å². The molecule has 66 valence electrons. The Hall–Kier alpha value is -0.900. The number of rotatable bonds is 4. The second-order valence-electron chi connectivity index (χ2n) is 2.57. The lowest BCUT2D eigenvalue weighted by atomic mass is 10.2. The predicted molar refractivity (Wildman–Crippen MR) is 46.0 cm³/mol. The molecule has 0 saturated heterocycles. The largest absolute Gasteiger partial charge is 0.377 e. The Morgan fingerprint density at radius 2 is 2.08 bits per heavy atom. The average molecular weight is 167 g/mol. The van der Waals surface area contributed by atoms with E-state index in [0.29, 0.717) is 6.61 Å². The van der Waals surface area contributed by atoms with Gasteiger partial charge in [0.2, 0.25) is 0 Å². The molecule has 2 N–H and O–H groups in total. The molecule has 1 aromatic rings. The molecule has 0 aliphatic carbocycles. The highest BCUT2D eigenvalue weighted by Gasteiger charge is 1.93. The van der Waals surface area contributed by atoms with Gasteiger partial charge in [0, 0.05) is 0 Å². The highest BCUT2D eigenvalue weighted by atomic mass is 16.7. The first-order valence-corrected chi connectivity index (χ1v) is 3.88. The van der Waals surface area contributed by atoms with Crippen molar-refractivity contribution in [2.75, 3.05) is 0 Å². The molecule has 1 rings (SSSR count). The fourth-order valence-electron chi connectivity index (χ4n) is 0.820. The highest BCUT2D eigenvalue weighted by Crippen LogP contribution is 1.98. The molecule has 0 bridgehead atoms. The summed E-state index contributed by atoms with van der Waals surface area (Å²) in [7, 11) is 0. The summed E-state index contributed by atoms with van der Waals surface area (Å²) in [6, 6.07) is 9.77. The second kappa shape index (κ2) is 4.87. The van der Waals surface area contributed by atoms with Gasteiger partial charge in [0.1, 0.15) is 6.23 Å². The van der Waals surface area contributed by atoms with Crippen LogP contribution >= 0.6 is 0 Å². The van der Waals surface area contributed by atoms with E-state index in [1.54, 1.807) is 6.92 Å². The van der Waals surface area contributed by atoms with Crippen LogP contribution in [0.4, 0.5) is 0 Å². The molecule has 0 aliphatic rings. The van der Waals surface area contributed by atoms with E-state index in [-0.39, 0.29) is 0 Å². The van der Waals surface area contributed by atoms with E-state index in [1.165, 1.54) is 0 Å². The van der Waals surface area contributed by atoms with Gasteiger partial charge in [-0.1, -0.05) is 30.3 Å². The zero-order valence-electron chi connectivity index (χ0n) is 7.03. The maximum Gasteiger partial charge on any atom is 0.124 e. The normalized spacial score (nSPS) is 12.8. The first-order chi connectivity index (χ1) is 5.79. The van der Waals surface area contributed by atoms with E-state index in [2.05, 4.69) is 5.48 Å². The molecule has 12 heavy (non-hydrogen) atoms. The number of hydroxylamine groups is 1. The first kappa shape index (κ1) is 9.19. The van der Waals surface area contributed by atoms with Gasteiger partial charge in [-0.05, 0) is 12.5 Å². The fourth-order valence-corrected chi connectivity index (χ4v) is 0.820. The van der Waals surface area contributed by atoms with Crippen LogP contribution in [0.1, 0.15) is 12.5 Å². The van der Waals surface area contributed by atoms with Gasteiger partial charge in [-0.25, -0.2) is 0 Å². The Morgan fingerprint density at radius 3 is 2.67 bits per heavy atom. The topological polar surface area (TPSA) is 41.5 Å². The highest BCUT2D eigenvalue weighted by molar-refractivity contribution is 5.13. The van der Waals surface area contributed by atoms with Gasteiger partial charge in [0.15, 0.2) is 0 Å². The van der Waals surface area contributed by atoms with Gasteiger partial charge in [-0.15, -0.1) is 0 Å². The molecular weight excluding hydrogens is 154 g/mol. The number of nitrogens with one attached hydrogen (secondary N) is 1. The standard InChI is InChI=1S/C9H13NO2/c1-8(11)10-12-7-9-5-3-2-4-6-9/h2-6,8,10-11H,7H2,1H3.